The third-order valence-corrected chi connectivity index (χ3v) is 14.9. The van der Waals surface area contributed by atoms with E-state index in [0.717, 1.165) is 24.3 Å². The maximum atomic E-state index is 5.64. The number of ether oxygens (including phenoxy) is 4. The van der Waals surface area contributed by atoms with Crippen LogP contribution >= 0.6 is 41.2 Å². The van der Waals surface area contributed by atoms with E-state index in [9.17, 15) is 0 Å². The van der Waals surface area contributed by atoms with E-state index in [0.29, 0.717) is 0 Å². The van der Waals surface area contributed by atoms with Gasteiger partial charge in [0.15, 0.2) is 0 Å². The minimum absolute atomic E-state index is 0.276. The fraction of sp³-hybridized carbons (Fsp3) is 1.00. The van der Waals surface area contributed by atoms with Crippen molar-refractivity contribution < 1.29 is 18.9 Å². The molecule has 10 heteroatoms. The summed E-state index contributed by atoms with van der Waals surface area (Å²) in [6, 6.07) is 2.40. The number of hydrogen-bond acceptors (Lipinski definition) is 8. The summed E-state index contributed by atoms with van der Waals surface area (Å²) in [4.78, 5) is 0. The smallest absolute Gasteiger partial charge is 0.145 e. The van der Waals surface area contributed by atoms with Gasteiger partial charge in [-0.25, -0.2) is 0 Å². The van der Waals surface area contributed by atoms with Crippen LogP contribution in [-0.2, 0) is 18.9 Å². The summed E-state index contributed by atoms with van der Waals surface area (Å²) in [5.41, 5.74) is -0.553. The molecule has 0 aliphatic rings. The fourth-order valence-electron chi connectivity index (χ4n) is 2.50. The Hall–Kier alpha value is 1.67. The van der Waals surface area contributed by atoms with Gasteiger partial charge in [0.2, 0.25) is 0 Å². The molecule has 0 atom stereocenters. The second-order valence-corrected chi connectivity index (χ2v) is 16.8. The summed E-state index contributed by atoms with van der Waals surface area (Å²) in [5, 5.41) is 0. The maximum Gasteiger partial charge on any atom is 0.145 e. The molecule has 0 aromatic heterocycles. The lowest BCUT2D eigenvalue weighted by Crippen LogP contribution is -2.40. The van der Waals surface area contributed by atoms with Crippen LogP contribution in [0.5, 0.6) is 0 Å². The lowest BCUT2D eigenvalue weighted by atomic mass is 10.4. The van der Waals surface area contributed by atoms with Gasteiger partial charge in [0.05, 0.1) is 19.0 Å². The van der Waals surface area contributed by atoms with Crippen molar-refractivity contribution in [3.8, 4) is 0 Å². The van der Waals surface area contributed by atoms with Gasteiger partial charge >= 0.3 is 0 Å². The van der Waals surface area contributed by atoms with E-state index in [1.807, 2.05) is 41.2 Å². The van der Waals surface area contributed by atoms with Gasteiger partial charge < -0.3 is 18.9 Å². The highest BCUT2D eigenvalue weighted by Gasteiger charge is 2.29. The van der Waals surface area contributed by atoms with Crippen LogP contribution in [0.3, 0.4) is 0 Å². The Morgan fingerprint density at radius 3 is 1.25 bits per heavy atom. The van der Waals surface area contributed by atoms with Crippen LogP contribution < -0.4 is 0 Å². The molecule has 0 amide bonds. The van der Waals surface area contributed by atoms with Crippen molar-refractivity contribution in [2.24, 2.45) is 0 Å². The highest BCUT2D eigenvalue weighted by atomic mass is 33.7. The van der Waals surface area contributed by atoms with Gasteiger partial charge in [0.1, 0.15) is 10.8 Å². The van der Waals surface area contributed by atoms with Gasteiger partial charge in [-0.05, 0) is 19.7 Å². The first kappa shape index (κ1) is 25.7. The molecule has 146 valence electrons. The first-order valence-corrected chi connectivity index (χ1v) is 16.9. The topological polar surface area (TPSA) is 36.9 Å². The van der Waals surface area contributed by atoms with Gasteiger partial charge in [-0.2, -0.15) is 0 Å². The molecule has 24 heavy (non-hydrogen) atoms. The third kappa shape index (κ3) is 10.1. The van der Waals surface area contributed by atoms with Gasteiger partial charge in [-0.3, -0.25) is 0 Å². The van der Waals surface area contributed by atoms with Gasteiger partial charge in [-0.1, -0.05) is 47.5 Å². The molecular formula is C14H34O4S4Si2. The molecule has 4 nitrogen and oxygen atoms in total. The largest absolute Gasteiger partial charge is 0.358 e. The van der Waals surface area contributed by atoms with E-state index < -0.39 is 0 Å². The molecule has 0 aliphatic carbocycles. The van der Waals surface area contributed by atoms with Crippen LogP contribution in [0.25, 0.3) is 0 Å². The highest BCUT2D eigenvalue weighted by molar-refractivity contribution is 9.26. The van der Waals surface area contributed by atoms with Crippen LogP contribution in [0.15, 0.2) is 0 Å². The molecule has 0 fully saturated rings. The van der Waals surface area contributed by atoms with E-state index in [2.05, 4.69) is 13.8 Å². The zero-order chi connectivity index (χ0) is 18.3. The monoisotopic (exact) mass is 450 g/mol. The summed E-state index contributed by atoms with van der Waals surface area (Å²) in [6.07, 6.45) is 1.95. The predicted molar refractivity (Wildman–Crippen MR) is 121 cm³/mol. The van der Waals surface area contributed by atoms with E-state index in [1.54, 1.807) is 28.4 Å². The molecule has 0 radical (unpaired) electrons. The second kappa shape index (κ2) is 15.7. The van der Waals surface area contributed by atoms with Crippen molar-refractivity contribution in [1.82, 2.24) is 0 Å². The average Bonchev–Trinajstić information content (AvgIpc) is 2.62. The van der Waals surface area contributed by atoms with Crippen molar-refractivity contribution in [3.05, 3.63) is 0 Å². The Balaban J connectivity index is 3.83. The molecular weight excluding hydrogens is 417 g/mol. The quantitative estimate of drug-likeness (QED) is 0.144. The number of hydrogen-bond donors (Lipinski definition) is 0. The van der Waals surface area contributed by atoms with Crippen molar-refractivity contribution in [2.45, 2.75) is 49.6 Å². The highest BCUT2D eigenvalue weighted by Crippen LogP contribution is 2.44. The first-order valence-electron chi connectivity index (χ1n) is 8.36. The average molecular weight is 451 g/mol. The van der Waals surface area contributed by atoms with Crippen molar-refractivity contribution >= 4 is 60.3 Å². The maximum absolute atomic E-state index is 5.64. The first-order chi connectivity index (χ1) is 11.6. The van der Waals surface area contributed by atoms with Crippen molar-refractivity contribution in [1.29, 1.82) is 0 Å². The SMILES string of the molecule is CC[SiH2]C(CCSSSSCCC(OC)(OC)[SiH2]CC)(OC)OC. The predicted octanol–water partition coefficient (Wildman–Crippen LogP) is 3.55. The zero-order valence-electron chi connectivity index (χ0n) is 15.9. The third-order valence-electron chi connectivity index (χ3n) is 4.01. The van der Waals surface area contributed by atoms with E-state index in [1.165, 1.54) is 12.1 Å². The minimum Gasteiger partial charge on any atom is -0.358 e. The molecule has 0 saturated heterocycles. The summed E-state index contributed by atoms with van der Waals surface area (Å²) in [7, 11) is 13.8. The van der Waals surface area contributed by atoms with Gasteiger partial charge in [0, 0.05) is 52.8 Å². The summed E-state index contributed by atoms with van der Waals surface area (Å²) in [5.74, 6) is 2.10. The molecule has 0 N–H and O–H groups in total. The summed E-state index contributed by atoms with van der Waals surface area (Å²) >= 11 is 0. The molecule has 0 rings (SSSR count). The Morgan fingerprint density at radius 1 is 0.667 bits per heavy atom. The van der Waals surface area contributed by atoms with Gasteiger partial charge in [0.25, 0.3) is 0 Å². The standard InChI is InChI=1S/C14H34O4S4Si2/c1-7-23-13(15-3,16-4)9-11-19-21-22-20-12-10-14(17-5,18-6)24-8-2/h7-12,23-24H2,1-6H3. The second-order valence-electron chi connectivity index (χ2n) is 5.42. The van der Waals surface area contributed by atoms with Crippen molar-refractivity contribution in [2.75, 3.05) is 39.9 Å². The molecule has 0 spiro atoms. The van der Waals surface area contributed by atoms with Crippen LogP contribution in [0.1, 0.15) is 26.7 Å². The lowest BCUT2D eigenvalue weighted by Gasteiger charge is -2.30. The Labute approximate surface area is 168 Å². The fourth-order valence-corrected chi connectivity index (χ4v) is 12.4. The normalized spacial score (nSPS) is 13.8. The molecule has 0 aromatic carbocycles. The van der Waals surface area contributed by atoms with Crippen molar-refractivity contribution in [3.63, 3.8) is 0 Å². The Kier molecular flexibility index (Phi) is 16.8. The number of methoxy groups -OCH3 is 4. The minimum atomic E-state index is -0.348. The molecule has 0 aliphatic heterocycles. The van der Waals surface area contributed by atoms with Crippen LogP contribution in [0.2, 0.25) is 12.1 Å². The van der Waals surface area contributed by atoms with E-state index >= 15 is 0 Å². The van der Waals surface area contributed by atoms with Gasteiger partial charge in [-0.15, -0.1) is 0 Å². The Morgan fingerprint density at radius 2 is 1.00 bits per heavy atom. The van der Waals surface area contributed by atoms with E-state index in [4.69, 9.17) is 18.9 Å². The molecule has 0 saturated carbocycles. The van der Waals surface area contributed by atoms with Crippen LogP contribution in [0, 0.1) is 0 Å². The zero-order valence-corrected chi connectivity index (χ0v) is 22.0. The van der Waals surface area contributed by atoms with Crippen LogP contribution in [0.4, 0.5) is 0 Å². The number of rotatable bonds is 17. The van der Waals surface area contributed by atoms with E-state index in [-0.39, 0.29) is 29.9 Å². The Bertz CT molecular complexity index is 268. The molecule has 0 aromatic rings. The van der Waals surface area contributed by atoms with Crippen LogP contribution in [-0.4, -0.2) is 69.8 Å². The molecule has 0 unspecified atom stereocenters. The molecule has 0 heterocycles. The lowest BCUT2D eigenvalue weighted by molar-refractivity contribution is -0.145. The molecule has 0 bridgehead atoms. The summed E-state index contributed by atoms with van der Waals surface area (Å²) < 4.78 is 22.6. The summed E-state index contributed by atoms with van der Waals surface area (Å²) in [6.45, 7) is 4.43.